The molecule has 1 heterocycles. The van der Waals surface area contributed by atoms with Crippen LogP contribution in [0.1, 0.15) is 15.9 Å². The first-order valence-corrected chi connectivity index (χ1v) is 6.04. The SMILES string of the molecule is Nc1cc(C(=O)O)cnc1NCCc1ccccc1F. The first-order chi connectivity index (χ1) is 9.58. The lowest BCUT2D eigenvalue weighted by Gasteiger charge is -2.09. The number of pyridine rings is 1. The van der Waals surface area contributed by atoms with E-state index < -0.39 is 5.97 Å². The Hall–Kier alpha value is -2.63. The van der Waals surface area contributed by atoms with Gasteiger partial charge in [0.25, 0.3) is 0 Å². The Kier molecular flexibility index (Phi) is 4.14. The number of nitrogens with two attached hydrogens (primary N) is 1. The summed E-state index contributed by atoms with van der Waals surface area (Å²) in [5.74, 6) is -0.940. The molecule has 2 aromatic rings. The molecular formula is C14H14FN3O2. The average Bonchev–Trinajstić information content (AvgIpc) is 2.42. The first-order valence-electron chi connectivity index (χ1n) is 6.04. The lowest BCUT2D eigenvalue weighted by molar-refractivity contribution is 0.0696. The number of aromatic nitrogens is 1. The summed E-state index contributed by atoms with van der Waals surface area (Å²) in [6.07, 6.45) is 1.71. The van der Waals surface area contributed by atoms with Crippen molar-refractivity contribution in [1.29, 1.82) is 0 Å². The van der Waals surface area contributed by atoms with E-state index in [1.807, 2.05) is 0 Å². The van der Waals surface area contributed by atoms with Gasteiger partial charge < -0.3 is 16.2 Å². The van der Waals surface area contributed by atoms with Crippen molar-refractivity contribution in [1.82, 2.24) is 4.98 Å². The molecule has 4 N–H and O–H groups in total. The van der Waals surface area contributed by atoms with E-state index in [9.17, 15) is 9.18 Å². The zero-order chi connectivity index (χ0) is 14.5. The number of nitrogens with one attached hydrogen (secondary N) is 1. The molecule has 104 valence electrons. The van der Waals surface area contributed by atoms with Crippen LogP contribution in [0.5, 0.6) is 0 Å². The molecule has 0 radical (unpaired) electrons. The van der Waals surface area contributed by atoms with E-state index in [0.29, 0.717) is 24.3 Å². The summed E-state index contributed by atoms with van der Waals surface area (Å²) >= 11 is 0. The zero-order valence-electron chi connectivity index (χ0n) is 10.6. The van der Waals surface area contributed by atoms with Gasteiger partial charge in [-0.15, -0.1) is 0 Å². The summed E-state index contributed by atoms with van der Waals surface area (Å²) in [6, 6.07) is 7.86. The second-order valence-corrected chi connectivity index (χ2v) is 4.24. The van der Waals surface area contributed by atoms with Gasteiger partial charge in [-0.2, -0.15) is 0 Å². The van der Waals surface area contributed by atoms with Gasteiger partial charge in [0.1, 0.15) is 11.6 Å². The van der Waals surface area contributed by atoms with Crippen LogP contribution in [0, 0.1) is 5.82 Å². The molecule has 0 aliphatic heterocycles. The van der Waals surface area contributed by atoms with Crippen molar-refractivity contribution in [3.05, 3.63) is 53.5 Å². The van der Waals surface area contributed by atoms with Gasteiger partial charge >= 0.3 is 5.97 Å². The Balaban J connectivity index is 1.98. The maximum Gasteiger partial charge on any atom is 0.337 e. The average molecular weight is 275 g/mol. The molecule has 6 heteroatoms. The van der Waals surface area contributed by atoms with Crippen LogP contribution in [0.3, 0.4) is 0 Å². The van der Waals surface area contributed by atoms with Crippen molar-refractivity contribution in [3.8, 4) is 0 Å². The number of carboxylic acids is 1. The van der Waals surface area contributed by atoms with Crippen LogP contribution in [0.15, 0.2) is 36.5 Å². The molecule has 0 aliphatic carbocycles. The van der Waals surface area contributed by atoms with Crippen LogP contribution >= 0.6 is 0 Å². The summed E-state index contributed by atoms with van der Waals surface area (Å²) in [5.41, 5.74) is 6.58. The number of nitrogen functional groups attached to an aromatic ring is 1. The Morgan fingerprint density at radius 2 is 2.15 bits per heavy atom. The third-order valence-corrected chi connectivity index (χ3v) is 2.81. The van der Waals surface area contributed by atoms with E-state index in [0.717, 1.165) is 0 Å². The van der Waals surface area contributed by atoms with E-state index in [-0.39, 0.29) is 17.1 Å². The number of halogens is 1. The van der Waals surface area contributed by atoms with Crippen LogP contribution in [-0.4, -0.2) is 22.6 Å². The number of nitrogens with zero attached hydrogens (tertiary/aromatic N) is 1. The summed E-state index contributed by atoms with van der Waals surface area (Å²) in [6.45, 7) is 0.449. The minimum absolute atomic E-state index is 0.0298. The highest BCUT2D eigenvalue weighted by Gasteiger charge is 2.07. The van der Waals surface area contributed by atoms with Crippen molar-refractivity contribution in [2.75, 3.05) is 17.6 Å². The van der Waals surface area contributed by atoms with Crippen LogP contribution in [0.2, 0.25) is 0 Å². The van der Waals surface area contributed by atoms with Crippen molar-refractivity contribution in [2.45, 2.75) is 6.42 Å². The molecule has 0 atom stereocenters. The highest BCUT2D eigenvalue weighted by atomic mass is 19.1. The molecule has 1 aromatic carbocycles. The second kappa shape index (κ2) is 6.01. The van der Waals surface area contributed by atoms with Gasteiger partial charge in [0.05, 0.1) is 11.3 Å². The fourth-order valence-corrected chi connectivity index (χ4v) is 1.76. The fraction of sp³-hybridized carbons (Fsp3) is 0.143. The molecule has 0 amide bonds. The number of carbonyl (C=O) groups is 1. The zero-order valence-corrected chi connectivity index (χ0v) is 10.6. The molecule has 0 saturated carbocycles. The van der Waals surface area contributed by atoms with E-state index in [4.69, 9.17) is 10.8 Å². The molecule has 2 rings (SSSR count). The lowest BCUT2D eigenvalue weighted by Crippen LogP contribution is -2.10. The monoisotopic (exact) mass is 275 g/mol. The maximum absolute atomic E-state index is 13.4. The third kappa shape index (κ3) is 3.23. The lowest BCUT2D eigenvalue weighted by atomic mass is 10.1. The number of hydrogen-bond acceptors (Lipinski definition) is 4. The summed E-state index contributed by atoms with van der Waals surface area (Å²) < 4.78 is 13.4. The quantitative estimate of drug-likeness (QED) is 0.778. The maximum atomic E-state index is 13.4. The third-order valence-electron chi connectivity index (χ3n) is 2.81. The molecule has 0 aliphatic rings. The van der Waals surface area contributed by atoms with Gasteiger partial charge in [0.2, 0.25) is 0 Å². The van der Waals surface area contributed by atoms with Crippen molar-refractivity contribution in [3.63, 3.8) is 0 Å². The van der Waals surface area contributed by atoms with Gasteiger partial charge in [-0.1, -0.05) is 18.2 Å². The molecule has 0 saturated heterocycles. The minimum atomic E-state index is -1.08. The topological polar surface area (TPSA) is 88.2 Å². The summed E-state index contributed by atoms with van der Waals surface area (Å²) in [4.78, 5) is 14.7. The van der Waals surface area contributed by atoms with E-state index in [1.165, 1.54) is 18.3 Å². The Morgan fingerprint density at radius 3 is 2.80 bits per heavy atom. The van der Waals surface area contributed by atoms with E-state index in [2.05, 4.69) is 10.3 Å². The molecule has 0 unspecified atom stereocenters. The van der Waals surface area contributed by atoms with E-state index >= 15 is 0 Å². The molecule has 0 fully saturated rings. The second-order valence-electron chi connectivity index (χ2n) is 4.24. The number of hydrogen-bond donors (Lipinski definition) is 3. The Bertz CT molecular complexity index is 632. The fourth-order valence-electron chi connectivity index (χ4n) is 1.76. The largest absolute Gasteiger partial charge is 0.478 e. The molecular weight excluding hydrogens is 261 g/mol. The number of rotatable bonds is 5. The van der Waals surface area contributed by atoms with Gasteiger partial charge in [0.15, 0.2) is 0 Å². The Labute approximate surface area is 115 Å². The molecule has 1 aromatic heterocycles. The van der Waals surface area contributed by atoms with Crippen LogP contribution in [0.25, 0.3) is 0 Å². The highest BCUT2D eigenvalue weighted by Crippen LogP contribution is 2.16. The molecule has 20 heavy (non-hydrogen) atoms. The number of anilines is 2. The standard InChI is InChI=1S/C14H14FN3O2/c15-11-4-2-1-3-9(11)5-6-17-13-12(16)7-10(8-18-13)14(19)20/h1-4,7-8H,5-6,16H2,(H,17,18)(H,19,20). The van der Waals surface area contributed by atoms with Gasteiger partial charge in [0, 0.05) is 12.7 Å². The highest BCUT2D eigenvalue weighted by molar-refractivity contribution is 5.89. The van der Waals surface area contributed by atoms with Gasteiger partial charge in [-0.25, -0.2) is 14.2 Å². The van der Waals surface area contributed by atoms with Gasteiger partial charge in [-0.05, 0) is 24.1 Å². The Morgan fingerprint density at radius 1 is 1.40 bits per heavy atom. The van der Waals surface area contributed by atoms with Crippen molar-refractivity contribution in [2.24, 2.45) is 0 Å². The van der Waals surface area contributed by atoms with E-state index in [1.54, 1.807) is 18.2 Å². The number of carboxylic acid groups (broad SMARTS) is 1. The number of aromatic carboxylic acids is 1. The van der Waals surface area contributed by atoms with Crippen molar-refractivity contribution >= 4 is 17.5 Å². The van der Waals surface area contributed by atoms with Crippen LogP contribution in [0.4, 0.5) is 15.9 Å². The smallest absolute Gasteiger partial charge is 0.337 e. The van der Waals surface area contributed by atoms with Crippen molar-refractivity contribution < 1.29 is 14.3 Å². The molecule has 5 nitrogen and oxygen atoms in total. The molecule has 0 bridgehead atoms. The van der Waals surface area contributed by atoms with Crippen LogP contribution < -0.4 is 11.1 Å². The summed E-state index contributed by atoms with van der Waals surface area (Å²) in [7, 11) is 0. The predicted molar refractivity (Wildman–Crippen MR) is 74.2 cm³/mol. The summed E-state index contributed by atoms with van der Waals surface area (Å²) in [5, 5.41) is 11.8. The molecule has 0 spiro atoms. The number of benzene rings is 1. The predicted octanol–water partition coefficient (Wildman–Crippen LogP) is 2.16. The minimum Gasteiger partial charge on any atom is -0.478 e. The normalized spacial score (nSPS) is 10.2. The van der Waals surface area contributed by atoms with Gasteiger partial charge in [-0.3, -0.25) is 0 Å². The first kappa shape index (κ1) is 13.8. The van der Waals surface area contributed by atoms with Crippen LogP contribution in [-0.2, 0) is 6.42 Å².